The highest BCUT2D eigenvalue weighted by atomic mass is 32.2. The maximum absolute atomic E-state index is 14.6. The molecule has 2 spiro atoms. The zero-order valence-electron chi connectivity index (χ0n) is 32.6. The molecule has 15 heteroatoms. The Labute approximate surface area is 318 Å². The molecule has 2 saturated carbocycles. The number of sulfonamides is 1. The minimum Gasteiger partial charge on any atom is -0.459 e. The van der Waals surface area contributed by atoms with Crippen molar-refractivity contribution in [1.29, 1.82) is 0 Å². The summed E-state index contributed by atoms with van der Waals surface area (Å²) in [6.45, 7) is 13.1. The summed E-state index contributed by atoms with van der Waals surface area (Å²) >= 11 is 0. The average Bonchev–Trinajstić information content (AvgIpc) is 3.94. The Hall–Kier alpha value is -4.14. The highest BCUT2D eigenvalue weighted by Gasteiger charge is 2.63. The van der Waals surface area contributed by atoms with Gasteiger partial charge in [0.25, 0.3) is 11.9 Å². The van der Waals surface area contributed by atoms with E-state index in [9.17, 15) is 27.6 Å². The number of hydrogen-bond donors (Lipinski definition) is 3. The summed E-state index contributed by atoms with van der Waals surface area (Å²) in [4.78, 5) is 62.2. The van der Waals surface area contributed by atoms with Gasteiger partial charge in [0.05, 0.1) is 22.3 Å². The summed E-state index contributed by atoms with van der Waals surface area (Å²) in [6, 6.07) is 5.90. The molecular formula is C39H56N6O8S. The number of aromatic nitrogens is 2. The molecule has 14 nitrogen and oxygen atoms in total. The number of nitrogens with zero attached hydrogens (tertiary/aromatic N) is 3. The van der Waals surface area contributed by atoms with Gasteiger partial charge in [-0.05, 0) is 89.2 Å². The number of ether oxygens (including phenoxy) is 2. The molecule has 2 aliphatic heterocycles. The lowest BCUT2D eigenvalue weighted by Gasteiger charge is -2.36. The monoisotopic (exact) mass is 768 g/mol. The van der Waals surface area contributed by atoms with Gasteiger partial charge >= 0.3 is 6.09 Å². The van der Waals surface area contributed by atoms with Crippen LogP contribution in [0.5, 0.6) is 6.01 Å². The van der Waals surface area contributed by atoms with Crippen molar-refractivity contribution >= 4 is 44.9 Å². The molecule has 3 fully saturated rings. The van der Waals surface area contributed by atoms with E-state index in [0.717, 1.165) is 23.9 Å². The van der Waals surface area contributed by atoms with Crippen LogP contribution < -0.4 is 20.1 Å². The molecule has 1 aromatic heterocycles. The fraction of sp³-hybridized carbons (Fsp3) is 0.667. The number of aryl methyl sites for hydroxylation is 1. The van der Waals surface area contributed by atoms with Gasteiger partial charge in [0.2, 0.25) is 21.8 Å². The second-order valence-electron chi connectivity index (χ2n) is 17.5. The number of carbonyl (C=O) groups is 4. The highest BCUT2D eigenvalue weighted by Crippen LogP contribution is 2.50. The van der Waals surface area contributed by atoms with E-state index in [4.69, 9.17) is 14.5 Å². The topological polar surface area (TPSA) is 178 Å². The van der Waals surface area contributed by atoms with Gasteiger partial charge in [-0.3, -0.25) is 23.7 Å². The van der Waals surface area contributed by atoms with Gasteiger partial charge < -0.3 is 25.0 Å². The Morgan fingerprint density at radius 3 is 2.43 bits per heavy atom. The maximum Gasteiger partial charge on any atom is 0.408 e. The van der Waals surface area contributed by atoms with Crippen molar-refractivity contribution in [1.82, 2.24) is 29.8 Å². The highest BCUT2D eigenvalue weighted by molar-refractivity contribution is 7.91. The Balaban J connectivity index is 1.36. The first-order valence-electron chi connectivity index (χ1n) is 19.2. The second kappa shape index (κ2) is 14.5. The summed E-state index contributed by atoms with van der Waals surface area (Å²) < 4.78 is 42.8. The van der Waals surface area contributed by atoms with Crippen LogP contribution in [0.4, 0.5) is 4.79 Å². The average molecular weight is 769 g/mol. The minimum absolute atomic E-state index is 0.00125. The van der Waals surface area contributed by atoms with Crippen LogP contribution in [0.25, 0.3) is 11.0 Å². The number of carbonyl (C=O) groups excluding carboxylic acids is 4. The van der Waals surface area contributed by atoms with Gasteiger partial charge in [0, 0.05) is 13.0 Å². The lowest BCUT2D eigenvalue weighted by Crippen LogP contribution is -2.60. The van der Waals surface area contributed by atoms with E-state index in [2.05, 4.69) is 21.4 Å². The molecule has 5 atom stereocenters. The molecule has 54 heavy (non-hydrogen) atoms. The molecule has 2 aromatic rings. The standard InChI is InChI=1S/C39H56N6O8S/c1-8-25-23-39(25)33(48)43-54(50,51)38(19-20-38)18-14-10-9-11-15-21-44-28-17-13-12-16-27(28)40-34(44)52-26-22-29(31(46)42-39)45(24-26)32(47)30(36(2,3)4)41-35(49)53-37(5,6)7/h9-10,12-13,16-17,25-26,29-30H,8,11,14-15,18-24H2,1-7H3,(H,41,49)(H,42,46)(H,43,48)/b10-9-/t25-,26-,29+,30-,39-/m1/s1. The normalized spacial score (nSPS) is 28.3. The zero-order chi connectivity index (χ0) is 39.3. The number of hydrogen-bond acceptors (Lipinski definition) is 9. The summed E-state index contributed by atoms with van der Waals surface area (Å²) in [6.07, 6.45) is 6.86. The number of amides is 4. The van der Waals surface area contributed by atoms with Gasteiger partial charge in [0.1, 0.15) is 29.3 Å². The van der Waals surface area contributed by atoms with Crippen LogP contribution in [0.1, 0.15) is 106 Å². The Bertz CT molecular complexity index is 1920. The predicted molar refractivity (Wildman–Crippen MR) is 203 cm³/mol. The van der Waals surface area contributed by atoms with Crippen LogP contribution in [0, 0.1) is 11.3 Å². The molecular weight excluding hydrogens is 713 g/mol. The molecule has 4 amide bonds. The van der Waals surface area contributed by atoms with Crippen molar-refractivity contribution in [2.24, 2.45) is 11.3 Å². The fourth-order valence-electron chi connectivity index (χ4n) is 7.80. The van der Waals surface area contributed by atoms with Crippen molar-refractivity contribution in [2.75, 3.05) is 6.54 Å². The van der Waals surface area contributed by atoms with E-state index in [1.165, 1.54) is 4.90 Å². The molecule has 4 aliphatic rings. The Morgan fingerprint density at radius 1 is 1.07 bits per heavy atom. The predicted octanol–water partition coefficient (Wildman–Crippen LogP) is 4.72. The SMILES string of the molecule is CC[C@@H]1C[C@@]12NC(=O)[C@@H]1C[C@H](CN1C(=O)[C@@H](NC(=O)OC(C)(C)C)C(C)(C)C)Oc1nc3ccccc3n1CCC/C=C\CCC1(CC1)S(=O)(=O)NC2=O. The van der Waals surface area contributed by atoms with E-state index in [0.29, 0.717) is 44.7 Å². The van der Waals surface area contributed by atoms with E-state index in [1.54, 1.807) is 20.8 Å². The summed E-state index contributed by atoms with van der Waals surface area (Å²) in [5.41, 5.74) is -1.42. The van der Waals surface area contributed by atoms with Gasteiger partial charge in [0.15, 0.2) is 0 Å². The fourth-order valence-corrected chi connectivity index (χ4v) is 9.47. The van der Waals surface area contributed by atoms with Gasteiger partial charge in [-0.2, -0.15) is 4.98 Å². The van der Waals surface area contributed by atoms with Crippen LogP contribution in [-0.4, -0.2) is 87.3 Å². The van der Waals surface area contributed by atoms with Crippen molar-refractivity contribution in [2.45, 2.75) is 147 Å². The van der Waals surface area contributed by atoms with Crippen molar-refractivity contribution in [3.8, 4) is 6.01 Å². The van der Waals surface area contributed by atoms with Gasteiger partial charge in [-0.15, -0.1) is 0 Å². The first kappa shape index (κ1) is 39.6. The summed E-state index contributed by atoms with van der Waals surface area (Å²) in [5.74, 6) is -2.16. The van der Waals surface area contributed by atoms with Crippen molar-refractivity contribution in [3.05, 3.63) is 36.4 Å². The number of rotatable bonds is 3. The number of fused-ring (bicyclic) bond motifs is 5. The minimum atomic E-state index is -4.03. The lowest BCUT2D eigenvalue weighted by molar-refractivity contribution is -0.143. The first-order valence-corrected chi connectivity index (χ1v) is 20.7. The molecule has 3 N–H and O–H groups in total. The zero-order valence-corrected chi connectivity index (χ0v) is 33.4. The van der Waals surface area contributed by atoms with Crippen LogP contribution in [-0.2, 0) is 35.7 Å². The van der Waals surface area contributed by atoms with E-state index < -0.39 is 73.3 Å². The molecule has 1 saturated heterocycles. The molecule has 0 unspecified atom stereocenters. The smallest absolute Gasteiger partial charge is 0.408 e. The van der Waals surface area contributed by atoms with Gasteiger partial charge in [-0.1, -0.05) is 58.4 Å². The van der Waals surface area contributed by atoms with E-state index in [-0.39, 0.29) is 25.3 Å². The molecule has 2 bridgehead atoms. The van der Waals surface area contributed by atoms with Crippen LogP contribution in [0.3, 0.4) is 0 Å². The number of likely N-dealkylation sites (tertiary alicyclic amines) is 1. The molecule has 0 radical (unpaired) electrons. The van der Waals surface area contributed by atoms with Crippen molar-refractivity contribution < 1.29 is 37.1 Å². The number of imidazole rings is 1. The number of alkyl carbamates (subject to hydrolysis) is 1. The number of allylic oxidation sites excluding steroid dienone is 2. The third-order valence-electron chi connectivity index (χ3n) is 11.2. The quantitative estimate of drug-likeness (QED) is 0.373. The van der Waals surface area contributed by atoms with E-state index in [1.807, 2.05) is 62.6 Å². The summed E-state index contributed by atoms with van der Waals surface area (Å²) in [7, 11) is -4.03. The first-order chi connectivity index (χ1) is 25.3. The lowest BCUT2D eigenvalue weighted by atomic mass is 9.85. The third kappa shape index (κ3) is 8.11. The second-order valence-corrected chi connectivity index (χ2v) is 19.6. The third-order valence-corrected chi connectivity index (χ3v) is 13.4. The largest absolute Gasteiger partial charge is 0.459 e. The molecule has 3 heterocycles. The number of benzene rings is 1. The molecule has 1 aromatic carbocycles. The van der Waals surface area contributed by atoms with Crippen LogP contribution in [0.2, 0.25) is 0 Å². The number of nitrogens with one attached hydrogen (secondary N) is 3. The Kier molecular flexibility index (Phi) is 10.6. The Morgan fingerprint density at radius 2 is 1.78 bits per heavy atom. The number of para-hydroxylation sites is 2. The van der Waals surface area contributed by atoms with Crippen LogP contribution >= 0.6 is 0 Å². The molecule has 2 aliphatic carbocycles. The van der Waals surface area contributed by atoms with Gasteiger partial charge in [-0.25, -0.2) is 13.2 Å². The molecule has 296 valence electrons. The summed E-state index contributed by atoms with van der Waals surface area (Å²) in [5, 5.41) is 5.66. The van der Waals surface area contributed by atoms with E-state index >= 15 is 0 Å². The maximum atomic E-state index is 14.6. The van der Waals surface area contributed by atoms with Crippen LogP contribution in [0.15, 0.2) is 36.4 Å². The van der Waals surface area contributed by atoms with Crippen molar-refractivity contribution in [3.63, 3.8) is 0 Å². The molecule has 6 rings (SSSR count).